The number of carbonyl (C=O) groups is 1. The first-order valence-corrected chi connectivity index (χ1v) is 6.84. The summed E-state index contributed by atoms with van der Waals surface area (Å²) in [6.07, 6.45) is 1.93. The first-order chi connectivity index (χ1) is 9.17. The molecule has 0 spiro atoms. The Balaban J connectivity index is 2.16. The Labute approximate surface area is 118 Å². The van der Waals surface area contributed by atoms with Gasteiger partial charge in [-0.25, -0.2) is 0 Å². The summed E-state index contributed by atoms with van der Waals surface area (Å²) in [7, 11) is 3.51. The summed E-state index contributed by atoms with van der Waals surface area (Å²) in [5.41, 5.74) is 0.467. The number of nitrogens with zero attached hydrogens (tertiary/aromatic N) is 1. The monoisotopic (exact) mass is 282 g/mol. The Kier molecular flexibility index (Phi) is 4.66. The Morgan fingerprint density at radius 3 is 2.68 bits per heavy atom. The first kappa shape index (κ1) is 14.2. The molecule has 0 unspecified atom stereocenters. The fraction of sp³-hybridized carbons (Fsp3) is 0.500. The van der Waals surface area contributed by atoms with E-state index in [0.29, 0.717) is 22.4 Å². The molecule has 1 N–H and O–H groups in total. The molecule has 0 aromatic heterocycles. The molecule has 1 aliphatic rings. The maximum absolute atomic E-state index is 12.5. The summed E-state index contributed by atoms with van der Waals surface area (Å²) >= 11 is 6.14. The van der Waals surface area contributed by atoms with Crippen LogP contribution in [0.5, 0.6) is 5.75 Å². The number of nitrogens with one attached hydrogen (secondary N) is 1. The molecule has 19 heavy (non-hydrogen) atoms. The lowest BCUT2D eigenvalue weighted by molar-refractivity contribution is 0.0704. The molecule has 0 saturated carbocycles. The molecular weight excluding hydrogens is 264 g/mol. The molecule has 104 valence electrons. The molecule has 0 aliphatic carbocycles. The molecule has 0 atom stereocenters. The number of hydrogen-bond donors (Lipinski definition) is 1. The zero-order valence-corrected chi connectivity index (χ0v) is 12.0. The Morgan fingerprint density at radius 2 is 2.11 bits per heavy atom. The fourth-order valence-electron chi connectivity index (χ4n) is 2.41. The van der Waals surface area contributed by atoms with E-state index in [-0.39, 0.29) is 5.91 Å². The molecule has 1 aromatic rings. The normalized spacial score (nSPS) is 16.5. The van der Waals surface area contributed by atoms with E-state index in [1.165, 1.54) is 0 Å². The second-order valence-corrected chi connectivity index (χ2v) is 5.08. The number of halogens is 1. The van der Waals surface area contributed by atoms with E-state index < -0.39 is 0 Å². The van der Waals surface area contributed by atoms with E-state index in [1.807, 2.05) is 11.9 Å². The smallest absolute Gasteiger partial charge is 0.259 e. The third kappa shape index (κ3) is 3.01. The van der Waals surface area contributed by atoms with Crippen molar-refractivity contribution in [1.82, 2.24) is 10.2 Å². The van der Waals surface area contributed by atoms with Crippen molar-refractivity contribution < 1.29 is 9.53 Å². The Bertz CT molecular complexity index is 457. The third-order valence-electron chi connectivity index (χ3n) is 3.60. The number of piperidine rings is 1. The molecular formula is C14H19ClN2O2. The summed E-state index contributed by atoms with van der Waals surface area (Å²) in [6, 6.07) is 5.76. The number of methoxy groups -OCH3 is 1. The van der Waals surface area contributed by atoms with E-state index in [1.54, 1.807) is 25.3 Å². The van der Waals surface area contributed by atoms with Crippen molar-refractivity contribution in [3.63, 3.8) is 0 Å². The van der Waals surface area contributed by atoms with E-state index in [2.05, 4.69) is 5.32 Å². The molecule has 0 bridgehead atoms. The van der Waals surface area contributed by atoms with E-state index in [9.17, 15) is 4.79 Å². The maximum Gasteiger partial charge on any atom is 0.259 e. The minimum absolute atomic E-state index is 0.0444. The number of benzene rings is 1. The van der Waals surface area contributed by atoms with Gasteiger partial charge in [-0.1, -0.05) is 17.7 Å². The van der Waals surface area contributed by atoms with Crippen LogP contribution >= 0.6 is 11.6 Å². The summed E-state index contributed by atoms with van der Waals surface area (Å²) < 4.78 is 5.24. The highest BCUT2D eigenvalue weighted by Gasteiger charge is 2.26. The number of amides is 1. The molecule has 1 amide bonds. The van der Waals surface area contributed by atoms with Crippen molar-refractivity contribution >= 4 is 17.5 Å². The fourth-order valence-corrected chi connectivity index (χ4v) is 2.66. The highest BCUT2D eigenvalue weighted by molar-refractivity contribution is 6.34. The van der Waals surface area contributed by atoms with Crippen LogP contribution in [0.4, 0.5) is 0 Å². The predicted molar refractivity (Wildman–Crippen MR) is 76.0 cm³/mol. The maximum atomic E-state index is 12.5. The quantitative estimate of drug-likeness (QED) is 0.924. The first-order valence-electron chi connectivity index (χ1n) is 6.46. The van der Waals surface area contributed by atoms with Gasteiger partial charge in [-0.15, -0.1) is 0 Å². The molecule has 1 fully saturated rings. The van der Waals surface area contributed by atoms with Gasteiger partial charge < -0.3 is 15.0 Å². The van der Waals surface area contributed by atoms with Gasteiger partial charge in [-0.2, -0.15) is 0 Å². The van der Waals surface area contributed by atoms with Gasteiger partial charge in [0.1, 0.15) is 11.3 Å². The van der Waals surface area contributed by atoms with Crippen LogP contribution in [0.15, 0.2) is 18.2 Å². The van der Waals surface area contributed by atoms with Crippen molar-refractivity contribution in [2.45, 2.75) is 18.9 Å². The Morgan fingerprint density at radius 1 is 1.42 bits per heavy atom. The summed E-state index contributed by atoms with van der Waals surface area (Å²) in [5, 5.41) is 3.69. The average Bonchev–Trinajstić information content (AvgIpc) is 2.46. The van der Waals surface area contributed by atoms with Crippen LogP contribution in [0.3, 0.4) is 0 Å². The highest BCUT2D eigenvalue weighted by atomic mass is 35.5. The molecule has 2 rings (SSSR count). The summed E-state index contributed by atoms with van der Waals surface area (Å²) in [6.45, 7) is 1.50. The number of likely N-dealkylation sites (tertiary alicyclic amines) is 1. The molecule has 1 aliphatic heterocycles. The number of hydrogen-bond acceptors (Lipinski definition) is 3. The van der Waals surface area contributed by atoms with Crippen LogP contribution in [0.1, 0.15) is 23.2 Å². The van der Waals surface area contributed by atoms with Crippen LogP contribution in [-0.4, -0.2) is 44.1 Å². The topological polar surface area (TPSA) is 41.6 Å². The standard InChI is InChI=1S/C14H19ClN2O2/c1-16-10-6-8-17(9-7-10)14(18)13-11(15)4-3-5-12(13)19-2/h3-5,10,16H,6-9H2,1-2H3. The molecule has 5 heteroatoms. The SMILES string of the molecule is CNC1CCN(C(=O)c2c(Cl)cccc2OC)CC1. The lowest BCUT2D eigenvalue weighted by Crippen LogP contribution is -2.44. The van der Waals surface area contributed by atoms with Gasteiger partial charge in [0.15, 0.2) is 0 Å². The summed E-state index contributed by atoms with van der Waals surface area (Å²) in [4.78, 5) is 14.4. The van der Waals surface area contributed by atoms with Crippen molar-refractivity contribution in [3.8, 4) is 5.75 Å². The lowest BCUT2D eigenvalue weighted by Gasteiger charge is -2.32. The van der Waals surface area contributed by atoms with Gasteiger partial charge in [-0.3, -0.25) is 4.79 Å². The molecule has 1 saturated heterocycles. The van der Waals surface area contributed by atoms with Crippen LogP contribution < -0.4 is 10.1 Å². The minimum Gasteiger partial charge on any atom is -0.496 e. The number of carbonyl (C=O) groups excluding carboxylic acids is 1. The largest absolute Gasteiger partial charge is 0.496 e. The van der Waals surface area contributed by atoms with Gasteiger partial charge in [0.25, 0.3) is 5.91 Å². The second-order valence-electron chi connectivity index (χ2n) is 4.67. The molecule has 4 nitrogen and oxygen atoms in total. The van der Waals surface area contributed by atoms with Gasteiger partial charge in [-0.05, 0) is 32.0 Å². The molecule has 1 heterocycles. The predicted octanol–water partition coefficient (Wildman–Crippen LogP) is 2.17. The van der Waals surface area contributed by atoms with Crippen LogP contribution in [-0.2, 0) is 0 Å². The van der Waals surface area contributed by atoms with Gasteiger partial charge in [0.2, 0.25) is 0 Å². The van der Waals surface area contributed by atoms with Gasteiger partial charge in [0.05, 0.1) is 12.1 Å². The van der Waals surface area contributed by atoms with Crippen molar-refractivity contribution in [2.24, 2.45) is 0 Å². The van der Waals surface area contributed by atoms with Crippen molar-refractivity contribution in [1.29, 1.82) is 0 Å². The van der Waals surface area contributed by atoms with Crippen LogP contribution in [0.2, 0.25) is 5.02 Å². The van der Waals surface area contributed by atoms with Gasteiger partial charge >= 0.3 is 0 Å². The molecule has 1 aromatic carbocycles. The highest BCUT2D eigenvalue weighted by Crippen LogP contribution is 2.28. The lowest BCUT2D eigenvalue weighted by atomic mass is 10.0. The number of rotatable bonds is 3. The zero-order chi connectivity index (χ0) is 13.8. The Hall–Kier alpha value is -1.26. The van der Waals surface area contributed by atoms with E-state index >= 15 is 0 Å². The second kappa shape index (κ2) is 6.26. The summed E-state index contributed by atoms with van der Waals surface area (Å²) in [5.74, 6) is 0.491. The average molecular weight is 283 g/mol. The third-order valence-corrected chi connectivity index (χ3v) is 3.91. The van der Waals surface area contributed by atoms with E-state index in [4.69, 9.17) is 16.3 Å². The number of ether oxygens (including phenoxy) is 1. The van der Waals surface area contributed by atoms with Crippen LogP contribution in [0.25, 0.3) is 0 Å². The van der Waals surface area contributed by atoms with E-state index in [0.717, 1.165) is 25.9 Å². The van der Waals surface area contributed by atoms with Crippen molar-refractivity contribution in [3.05, 3.63) is 28.8 Å². The van der Waals surface area contributed by atoms with Crippen LogP contribution in [0, 0.1) is 0 Å². The minimum atomic E-state index is -0.0444. The van der Waals surface area contributed by atoms with Gasteiger partial charge in [0, 0.05) is 19.1 Å². The molecule has 0 radical (unpaired) electrons. The zero-order valence-electron chi connectivity index (χ0n) is 11.3. The van der Waals surface area contributed by atoms with Crippen molar-refractivity contribution in [2.75, 3.05) is 27.2 Å².